The molecule has 0 fully saturated rings. The number of ether oxygens (including phenoxy) is 1. The lowest BCUT2D eigenvalue weighted by Gasteiger charge is -2.07. The van der Waals surface area contributed by atoms with Crippen molar-refractivity contribution < 1.29 is 18.7 Å². The number of rotatable bonds is 6. The van der Waals surface area contributed by atoms with Gasteiger partial charge in [-0.25, -0.2) is 9.59 Å². The third-order valence-electron chi connectivity index (χ3n) is 4.71. The van der Waals surface area contributed by atoms with E-state index in [2.05, 4.69) is 5.32 Å². The van der Waals surface area contributed by atoms with E-state index in [-0.39, 0.29) is 16.9 Å². The van der Waals surface area contributed by atoms with Gasteiger partial charge in [-0.1, -0.05) is 48.5 Å². The molecule has 0 spiro atoms. The summed E-state index contributed by atoms with van der Waals surface area (Å²) in [5.74, 6) is -0.771. The van der Waals surface area contributed by atoms with Crippen LogP contribution in [0.25, 0.3) is 11.0 Å². The van der Waals surface area contributed by atoms with Crippen molar-refractivity contribution in [1.82, 2.24) is 5.32 Å². The summed E-state index contributed by atoms with van der Waals surface area (Å²) in [4.78, 5) is 37.0. The minimum Gasteiger partial charge on any atom is -0.423 e. The molecule has 3 aromatic carbocycles. The predicted molar refractivity (Wildman–Crippen MR) is 116 cm³/mol. The number of esters is 1. The molecule has 0 unspecified atom stereocenters. The van der Waals surface area contributed by atoms with E-state index in [9.17, 15) is 14.4 Å². The zero-order valence-electron chi connectivity index (χ0n) is 16.5. The number of fused-ring (bicyclic) bond motifs is 1. The minimum atomic E-state index is -0.753. The Balaban J connectivity index is 1.47. The molecular formula is C25H19NO5. The van der Waals surface area contributed by atoms with E-state index >= 15 is 0 Å². The topological polar surface area (TPSA) is 85.6 Å². The van der Waals surface area contributed by atoms with Crippen molar-refractivity contribution in [3.05, 3.63) is 112 Å². The molecule has 1 N–H and O–H groups in total. The molecule has 0 saturated carbocycles. The van der Waals surface area contributed by atoms with E-state index in [1.54, 1.807) is 42.5 Å². The second-order valence-corrected chi connectivity index (χ2v) is 6.89. The molecular weight excluding hydrogens is 394 g/mol. The molecule has 0 aliphatic heterocycles. The minimum absolute atomic E-state index is 0.0745. The van der Waals surface area contributed by atoms with E-state index in [1.165, 1.54) is 12.1 Å². The number of hydrogen-bond acceptors (Lipinski definition) is 5. The van der Waals surface area contributed by atoms with Gasteiger partial charge in [-0.3, -0.25) is 4.79 Å². The first kappa shape index (κ1) is 20.1. The normalized spacial score (nSPS) is 10.6. The van der Waals surface area contributed by atoms with Gasteiger partial charge in [0.15, 0.2) is 0 Å². The monoisotopic (exact) mass is 413 g/mol. The second-order valence-electron chi connectivity index (χ2n) is 6.89. The average molecular weight is 413 g/mol. The molecule has 0 aliphatic carbocycles. The molecule has 0 atom stereocenters. The predicted octanol–water partition coefficient (Wildman–Crippen LogP) is 3.98. The molecule has 6 heteroatoms. The summed E-state index contributed by atoms with van der Waals surface area (Å²) in [7, 11) is 0. The van der Waals surface area contributed by atoms with E-state index in [0.717, 1.165) is 5.56 Å². The van der Waals surface area contributed by atoms with Crippen LogP contribution in [0.2, 0.25) is 0 Å². The lowest BCUT2D eigenvalue weighted by molar-refractivity contribution is 0.0734. The molecule has 6 nitrogen and oxygen atoms in total. The van der Waals surface area contributed by atoms with Gasteiger partial charge >= 0.3 is 11.6 Å². The van der Waals surface area contributed by atoms with Crippen molar-refractivity contribution in [2.75, 3.05) is 6.54 Å². The van der Waals surface area contributed by atoms with Crippen LogP contribution in [0.1, 0.15) is 26.3 Å². The summed E-state index contributed by atoms with van der Waals surface area (Å²) in [5.41, 5.74) is 0.896. The van der Waals surface area contributed by atoms with Crippen LogP contribution in [0, 0.1) is 0 Å². The molecule has 0 saturated heterocycles. The lowest BCUT2D eigenvalue weighted by Crippen LogP contribution is -2.29. The standard InChI is InChI=1S/C25H19NO5/c27-23(26-14-13-17-7-3-1-4-8-17)21-15-19-11-12-20(16-22(19)31-25(21)29)30-24(28)18-9-5-2-6-10-18/h1-12,15-16H,13-14H2,(H,26,27). The maximum absolute atomic E-state index is 12.4. The molecule has 4 aromatic rings. The highest BCUT2D eigenvalue weighted by Gasteiger charge is 2.15. The van der Waals surface area contributed by atoms with Crippen LogP contribution in [0.15, 0.2) is 94.1 Å². The average Bonchev–Trinajstić information content (AvgIpc) is 2.79. The third-order valence-corrected chi connectivity index (χ3v) is 4.71. The molecule has 154 valence electrons. The van der Waals surface area contributed by atoms with E-state index in [4.69, 9.17) is 9.15 Å². The Morgan fingerprint density at radius 3 is 2.32 bits per heavy atom. The largest absolute Gasteiger partial charge is 0.423 e. The first-order valence-corrected chi connectivity index (χ1v) is 9.77. The van der Waals surface area contributed by atoms with Crippen molar-refractivity contribution >= 4 is 22.8 Å². The molecule has 1 amide bonds. The van der Waals surface area contributed by atoms with Crippen molar-refractivity contribution in [3.8, 4) is 5.75 Å². The summed E-state index contributed by atoms with van der Waals surface area (Å²) in [6.07, 6.45) is 0.654. The first-order valence-electron chi connectivity index (χ1n) is 9.77. The number of nitrogens with one attached hydrogen (secondary N) is 1. The summed E-state index contributed by atoms with van der Waals surface area (Å²) >= 11 is 0. The van der Waals surface area contributed by atoms with E-state index in [0.29, 0.717) is 23.9 Å². The van der Waals surface area contributed by atoms with Crippen LogP contribution >= 0.6 is 0 Å². The lowest BCUT2D eigenvalue weighted by atomic mass is 10.1. The van der Waals surface area contributed by atoms with Crippen molar-refractivity contribution in [3.63, 3.8) is 0 Å². The Morgan fingerprint density at radius 2 is 1.58 bits per heavy atom. The number of carbonyl (C=O) groups is 2. The van der Waals surface area contributed by atoms with Crippen molar-refractivity contribution in [2.24, 2.45) is 0 Å². The van der Waals surface area contributed by atoms with Crippen LogP contribution in [0.5, 0.6) is 5.75 Å². The quantitative estimate of drug-likeness (QED) is 0.294. The molecule has 1 heterocycles. The maximum atomic E-state index is 12.4. The van der Waals surface area contributed by atoms with Gasteiger partial charge in [-0.2, -0.15) is 0 Å². The number of amides is 1. The Labute approximate surface area is 178 Å². The summed E-state index contributed by atoms with van der Waals surface area (Å²) in [6, 6.07) is 24.4. The van der Waals surface area contributed by atoms with Crippen molar-refractivity contribution in [2.45, 2.75) is 6.42 Å². The highest BCUT2D eigenvalue weighted by molar-refractivity contribution is 5.97. The van der Waals surface area contributed by atoms with Gasteiger partial charge in [0.2, 0.25) is 0 Å². The van der Waals surface area contributed by atoms with Gasteiger partial charge < -0.3 is 14.5 Å². The highest BCUT2D eigenvalue weighted by atomic mass is 16.5. The van der Waals surface area contributed by atoms with E-state index < -0.39 is 17.5 Å². The van der Waals surface area contributed by atoms with Crippen molar-refractivity contribution in [1.29, 1.82) is 0 Å². The summed E-state index contributed by atoms with van der Waals surface area (Å²) in [5, 5.41) is 3.29. The summed E-state index contributed by atoms with van der Waals surface area (Å²) in [6.45, 7) is 0.398. The first-order chi connectivity index (χ1) is 15.1. The fourth-order valence-corrected chi connectivity index (χ4v) is 3.11. The second kappa shape index (κ2) is 9.09. The maximum Gasteiger partial charge on any atom is 0.349 e. The molecule has 0 aliphatic rings. The fraction of sp³-hybridized carbons (Fsp3) is 0.0800. The van der Waals surface area contributed by atoms with Gasteiger partial charge in [0.1, 0.15) is 16.9 Å². The zero-order valence-corrected chi connectivity index (χ0v) is 16.5. The van der Waals surface area contributed by atoms with Crippen LogP contribution in [-0.4, -0.2) is 18.4 Å². The Kier molecular flexibility index (Phi) is 5.89. The van der Waals surface area contributed by atoms with E-state index in [1.807, 2.05) is 30.3 Å². The van der Waals surface area contributed by atoms with Gasteiger partial charge in [0.05, 0.1) is 5.56 Å². The highest BCUT2D eigenvalue weighted by Crippen LogP contribution is 2.21. The zero-order chi connectivity index (χ0) is 21.6. The molecule has 31 heavy (non-hydrogen) atoms. The Hall–Kier alpha value is -4.19. The molecule has 1 aromatic heterocycles. The van der Waals surface area contributed by atoms with Gasteiger partial charge in [0.25, 0.3) is 5.91 Å². The Bertz CT molecular complexity index is 1280. The number of carbonyl (C=O) groups excluding carboxylic acids is 2. The van der Waals surface area contributed by atoms with Crippen LogP contribution in [0.3, 0.4) is 0 Å². The number of benzene rings is 3. The fourth-order valence-electron chi connectivity index (χ4n) is 3.11. The SMILES string of the molecule is O=C(Oc1ccc2cc(C(=O)NCCc3ccccc3)c(=O)oc2c1)c1ccccc1. The smallest absolute Gasteiger partial charge is 0.349 e. The van der Waals surface area contributed by atoms with Crippen LogP contribution in [0.4, 0.5) is 0 Å². The van der Waals surface area contributed by atoms with Crippen LogP contribution < -0.4 is 15.7 Å². The molecule has 0 bridgehead atoms. The van der Waals surface area contributed by atoms with Gasteiger partial charge in [-0.05, 0) is 42.3 Å². The third kappa shape index (κ3) is 4.87. The Morgan fingerprint density at radius 1 is 0.871 bits per heavy atom. The van der Waals surface area contributed by atoms with Crippen LogP contribution in [-0.2, 0) is 6.42 Å². The van der Waals surface area contributed by atoms with Gasteiger partial charge in [-0.15, -0.1) is 0 Å². The molecule has 4 rings (SSSR count). The summed E-state index contributed by atoms with van der Waals surface area (Å²) < 4.78 is 10.6. The molecule has 0 radical (unpaired) electrons. The number of hydrogen-bond donors (Lipinski definition) is 1. The van der Waals surface area contributed by atoms with Gasteiger partial charge in [0, 0.05) is 18.0 Å².